The molecule has 1 saturated carbocycles. The molecule has 9 nitrogen and oxygen atoms in total. The van der Waals surface area contributed by atoms with E-state index < -0.39 is 58.0 Å². The molecule has 0 aromatic heterocycles. The van der Waals surface area contributed by atoms with Crippen molar-refractivity contribution in [1.82, 2.24) is 4.90 Å². The van der Waals surface area contributed by atoms with Crippen LogP contribution in [0, 0.1) is 23.7 Å². The lowest BCUT2D eigenvalue weighted by Gasteiger charge is -2.50. The SMILES string of the molecule is CCCCC#Cc1ccc(O)c2c1CC1CC3C(N(C)C)C(=O)C(C(N)=O)=C(O)C3(O)C(=O)C1=C2O. The summed E-state index contributed by atoms with van der Waals surface area (Å²) in [4.78, 5) is 40.4. The molecule has 1 aromatic rings. The Balaban J connectivity index is 1.91. The van der Waals surface area contributed by atoms with E-state index in [1.165, 1.54) is 11.0 Å². The molecule has 0 saturated heterocycles. The first kappa shape index (κ1) is 25.5. The van der Waals surface area contributed by atoms with Crippen molar-refractivity contribution in [1.29, 1.82) is 0 Å². The topological polar surface area (TPSA) is 161 Å². The van der Waals surface area contributed by atoms with E-state index in [0.29, 0.717) is 17.5 Å². The van der Waals surface area contributed by atoms with Gasteiger partial charge in [-0.1, -0.05) is 25.2 Å². The normalized spacial score (nSPS) is 27.3. The largest absolute Gasteiger partial charge is 0.508 e. The molecule has 1 fully saturated rings. The number of aliphatic hydroxyl groups excluding tert-OH is 2. The molecule has 0 bridgehead atoms. The van der Waals surface area contributed by atoms with Crippen LogP contribution >= 0.6 is 0 Å². The number of benzene rings is 1. The predicted molar refractivity (Wildman–Crippen MR) is 131 cm³/mol. The maximum atomic E-state index is 13.8. The van der Waals surface area contributed by atoms with Gasteiger partial charge in [0.2, 0.25) is 5.78 Å². The molecular weight excluding hydrogens is 464 g/mol. The number of phenols is 1. The third-order valence-corrected chi connectivity index (χ3v) is 7.48. The molecule has 1 aromatic carbocycles. The number of hydrogen-bond donors (Lipinski definition) is 5. The van der Waals surface area contributed by atoms with Crippen molar-refractivity contribution in [3.63, 3.8) is 0 Å². The molecule has 0 heterocycles. The molecule has 190 valence electrons. The van der Waals surface area contributed by atoms with Gasteiger partial charge in [0.1, 0.15) is 22.8 Å². The van der Waals surface area contributed by atoms with Crippen molar-refractivity contribution in [3.8, 4) is 17.6 Å². The minimum absolute atomic E-state index is 0.0458. The number of ketones is 2. The number of nitrogens with two attached hydrogens (primary N) is 1. The molecule has 6 N–H and O–H groups in total. The van der Waals surface area contributed by atoms with Crippen molar-refractivity contribution in [2.75, 3.05) is 14.1 Å². The maximum Gasteiger partial charge on any atom is 0.255 e. The van der Waals surface area contributed by atoms with Gasteiger partial charge in [-0.05, 0) is 57.0 Å². The van der Waals surface area contributed by atoms with Gasteiger partial charge in [-0.3, -0.25) is 19.3 Å². The Hall–Kier alpha value is -3.61. The Morgan fingerprint density at radius 1 is 1.22 bits per heavy atom. The molecule has 9 heteroatoms. The fourth-order valence-electron chi connectivity index (χ4n) is 5.78. The van der Waals surface area contributed by atoms with Gasteiger partial charge in [0.25, 0.3) is 5.91 Å². The van der Waals surface area contributed by atoms with E-state index in [1.54, 1.807) is 20.2 Å². The lowest BCUT2D eigenvalue weighted by atomic mass is 9.57. The van der Waals surface area contributed by atoms with E-state index in [2.05, 4.69) is 18.8 Å². The average Bonchev–Trinajstić information content (AvgIpc) is 2.80. The van der Waals surface area contributed by atoms with E-state index in [-0.39, 0.29) is 29.7 Å². The number of carbonyl (C=O) groups is 3. The number of phenolic OH excluding ortho intramolecular Hbond substituents is 1. The number of Topliss-reactive ketones (excluding diaryl/α,β-unsaturated/α-hetero) is 2. The maximum absolute atomic E-state index is 13.8. The number of likely N-dealkylation sites (N-methyl/N-ethyl adjacent to an activating group) is 1. The van der Waals surface area contributed by atoms with Crippen LogP contribution in [0.4, 0.5) is 0 Å². The van der Waals surface area contributed by atoms with E-state index >= 15 is 0 Å². The molecule has 36 heavy (non-hydrogen) atoms. The third kappa shape index (κ3) is 3.60. The highest BCUT2D eigenvalue weighted by molar-refractivity contribution is 6.24. The van der Waals surface area contributed by atoms with Crippen molar-refractivity contribution in [2.24, 2.45) is 17.6 Å². The number of aromatic hydroxyl groups is 1. The van der Waals surface area contributed by atoms with Crippen molar-refractivity contribution >= 4 is 23.2 Å². The average molecular weight is 495 g/mol. The summed E-state index contributed by atoms with van der Waals surface area (Å²) in [6.45, 7) is 2.06. The zero-order valence-electron chi connectivity index (χ0n) is 20.5. The molecule has 3 aliphatic rings. The van der Waals surface area contributed by atoms with Gasteiger partial charge >= 0.3 is 0 Å². The molecule has 0 radical (unpaired) electrons. The highest BCUT2D eigenvalue weighted by atomic mass is 16.3. The number of aliphatic hydroxyl groups is 3. The first-order chi connectivity index (χ1) is 17.0. The fourth-order valence-corrected chi connectivity index (χ4v) is 5.78. The van der Waals surface area contributed by atoms with E-state index in [0.717, 1.165) is 12.8 Å². The first-order valence-electron chi connectivity index (χ1n) is 11.9. The van der Waals surface area contributed by atoms with Crippen molar-refractivity contribution in [3.05, 3.63) is 45.7 Å². The van der Waals surface area contributed by atoms with E-state index in [9.17, 15) is 34.8 Å². The molecule has 0 aliphatic heterocycles. The second kappa shape index (κ2) is 9.12. The van der Waals surface area contributed by atoms with Crippen LogP contribution in [0.2, 0.25) is 0 Å². The van der Waals surface area contributed by atoms with Gasteiger partial charge < -0.3 is 26.2 Å². The summed E-state index contributed by atoms with van der Waals surface area (Å²) in [7, 11) is 3.13. The molecule has 4 unspecified atom stereocenters. The summed E-state index contributed by atoms with van der Waals surface area (Å²) in [6, 6.07) is 1.93. The minimum Gasteiger partial charge on any atom is -0.508 e. The lowest BCUT2D eigenvalue weighted by Crippen LogP contribution is -2.65. The Morgan fingerprint density at radius 2 is 1.92 bits per heavy atom. The van der Waals surface area contributed by atoms with E-state index in [1.807, 2.05) is 0 Å². The molecule has 4 rings (SSSR count). The highest BCUT2D eigenvalue weighted by Gasteiger charge is 2.64. The van der Waals surface area contributed by atoms with E-state index in [4.69, 9.17) is 5.73 Å². The monoisotopic (exact) mass is 494 g/mol. The van der Waals surface area contributed by atoms with Crippen LogP contribution in [0.1, 0.15) is 49.3 Å². The van der Waals surface area contributed by atoms with Gasteiger partial charge in [0.05, 0.1) is 11.6 Å². The van der Waals surface area contributed by atoms with Gasteiger partial charge in [-0.2, -0.15) is 0 Å². The summed E-state index contributed by atoms with van der Waals surface area (Å²) < 4.78 is 0. The van der Waals surface area contributed by atoms with Crippen LogP contribution in [-0.4, -0.2) is 68.5 Å². The first-order valence-corrected chi connectivity index (χ1v) is 11.9. The summed E-state index contributed by atoms with van der Waals surface area (Å²) in [6.07, 6.45) is 2.89. The smallest absolute Gasteiger partial charge is 0.255 e. The van der Waals surface area contributed by atoms with Crippen molar-refractivity contribution < 1.29 is 34.8 Å². The number of primary amides is 1. The Labute approximate surface area is 208 Å². The number of unbranched alkanes of at least 4 members (excludes halogenated alkanes) is 2. The second-order valence-electron chi connectivity index (χ2n) is 9.85. The Bertz CT molecular complexity index is 1300. The summed E-state index contributed by atoms with van der Waals surface area (Å²) in [5.74, 6) is -0.460. The fraction of sp³-hybridized carbons (Fsp3) is 0.444. The highest BCUT2D eigenvalue weighted by Crippen LogP contribution is 2.52. The number of nitrogens with zero attached hydrogens (tertiary/aromatic N) is 1. The molecule has 3 aliphatic carbocycles. The number of hydrogen-bond acceptors (Lipinski definition) is 8. The molecule has 4 atom stereocenters. The van der Waals surface area contributed by atoms with Gasteiger partial charge in [-0.25, -0.2) is 0 Å². The number of fused-ring (bicyclic) bond motifs is 3. The van der Waals surface area contributed by atoms with Crippen LogP contribution in [-0.2, 0) is 20.8 Å². The van der Waals surface area contributed by atoms with Crippen LogP contribution in [0.3, 0.4) is 0 Å². The van der Waals surface area contributed by atoms with Gasteiger partial charge in [0, 0.05) is 23.5 Å². The number of rotatable bonds is 4. The Kier molecular flexibility index (Phi) is 6.45. The Morgan fingerprint density at radius 3 is 2.53 bits per heavy atom. The molecule has 0 spiro atoms. The number of carbonyl (C=O) groups excluding carboxylic acids is 3. The quantitative estimate of drug-likeness (QED) is 0.239. The third-order valence-electron chi connectivity index (χ3n) is 7.48. The zero-order valence-corrected chi connectivity index (χ0v) is 20.5. The summed E-state index contributed by atoms with van der Waals surface area (Å²) in [5.41, 5.74) is 2.92. The van der Waals surface area contributed by atoms with Crippen LogP contribution < -0.4 is 5.73 Å². The lowest BCUT2D eigenvalue weighted by molar-refractivity contribution is -0.153. The molecular formula is C27H30N2O7. The van der Waals surface area contributed by atoms with Crippen LogP contribution in [0.5, 0.6) is 5.75 Å². The number of amides is 1. The van der Waals surface area contributed by atoms with Crippen molar-refractivity contribution in [2.45, 2.75) is 50.7 Å². The molecule has 1 amide bonds. The van der Waals surface area contributed by atoms with Crippen LogP contribution in [0.15, 0.2) is 29.0 Å². The van der Waals surface area contributed by atoms with Gasteiger partial charge in [0.15, 0.2) is 11.4 Å². The minimum atomic E-state index is -2.64. The summed E-state index contributed by atoms with van der Waals surface area (Å²) in [5, 5.41) is 44.2. The van der Waals surface area contributed by atoms with Crippen LogP contribution in [0.25, 0.3) is 5.76 Å². The van der Waals surface area contributed by atoms with Gasteiger partial charge in [-0.15, -0.1) is 0 Å². The second-order valence-corrected chi connectivity index (χ2v) is 9.85. The zero-order chi connectivity index (χ0) is 26.5. The predicted octanol–water partition coefficient (Wildman–Crippen LogP) is 1.51. The standard InChI is InChI=1S/C27H30N2O7/c1-4-5-6-7-8-13-9-10-17(30)19-15(13)11-14-12-16-21(29(2)3)23(32)20(26(28)35)25(34)27(16,36)24(33)18(14)22(19)31/h9-10,14,16,21,30-31,34,36H,4-6,11-12H2,1-3H3,(H2,28,35). The summed E-state index contributed by atoms with van der Waals surface area (Å²) >= 11 is 0.